The van der Waals surface area contributed by atoms with E-state index in [1.807, 2.05) is 4.90 Å². The van der Waals surface area contributed by atoms with Crippen molar-refractivity contribution in [2.24, 2.45) is 0 Å². The molecule has 1 atom stereocenters. The number of aromatic amines is 1. The van der Waals surface area contributed by atoms with Crippen molar-refractivity contribution < 1.29 is 22.7 Å². The lowest BCUT2D eigenvalue weighted by Gasteiger charge is -2.42. The van der Waals surface area contributed by atoms with E-state index in [9.17, 15) is 13.2 Å². The van der Waals surface area contributed by atoms with Crippen LogP contribution in [0.15, 0.2) is 29.3 Å². The number of thiazole rings is 1. The Labute approximate surface area is 260 Å². The van der Waals surface area contributed by atoms with Crippen molar-refractivity contribution in [1.29, 1.82) is 0 Å². The van der Waals surface area contributed by atoms with Crippen LogP contribution in [-0.2, 0) is 32.5 Å². The maximum atomic E-state index is 13.9. The normalized spacial score (nSPS) is 23.8. The van der Waals surface area contributed by atoms with Gasteiger partial charge in [0.15, 0.2) is 10.8 Å². The van der Waals surface area contributed by atoms with Gasteiger partial charge in [0.25, 0.3) is 15.9 Å². The number of sulfonamides is 1. The zero-order valence-electron chi connectivity index (χ0n) is 24.3. The molecule has 1 amide bonds. The summed E-state index contributed by atoms with van der Waals surface area (Å²) in [5.74, 6) is -0.550. The zero-order chi connectivity index (χ0) is 29.8. The number of piperidine rings is 1. The number of nitrogens with zero attached hydrogens (tertiary/aromatic N) is 5. The smallest absolute Gasteiger partial charge is 0.283 e. The molecule has 1 aromatic carbocycles. The highest BCUT2D eigenvalue weighted by Crippen LogP contribution is 2.33. The molecule has 4 aliphatic heterocycles. The van der Waals surface area contributed by atoms with Crippen molar-refractivity contribution in [2.45, 2.75) is 49.1 Å². The van der Waals surface area contributed by atoms with Gasteiger partial charge in [0.2, 0.25) is 0 Å². The third kappa shape index (κ3) is 5.86. The maximum Gasteiger partial charge on any atom is 0.283 e. The molecule has 2 aromatic heterocycles. The van der Waals surface area contributed by atoms with Gasteiger partial charge in [-0.3, -0.25) is 4.79 Å². The molecule has 0 saturated carbocycles. The average molecular weight is 649 g/mol. The highest BCUT2D eigenvalue weighted by molar-refractivity contribution is 7.89. The quantitative estimate of drug-likeness (QED) is 0.435. The van der Waals surface area contributed by atoms with Crippen molar-refractivity contribution >= 4 is 49.8 Å². The molecular weight excluding hydrogens is 612 g/mol. The number of ether oxygens (including phenoxy) is 2. The molecule has 1 unspecified atom stereocenters. The van der Waals surface area contributed by atoms with Crippen molar-refractivity contribution in [1.82, 2.24) is 29.0 Å². The summed E-state index contributed by atoms with van der Waals surface area (Å²) in [6.07, 6.45) is 3.11. The zero-order valence-corrected chi connectivity index (χ0v) is 26.6. The van der Waals surface area contributed by atoms with Gasteiger partial charge in [0.05, 0.1) is 18.9 Å². The summed E-state index contributed by atoms with van der Waals surface area (Å²) in [5, 5.41) is 1.93. The molecule has 7 rings (SSSR count). The molecule has 3 saturated heterocycles. The highest BCUT2D eigenvalue weighted by Gasteiger charge is 2.41. The summed E-state index contributed by atoms with van der Waals surface area (Å²) in [6, 6.07) is 6.62. The highest BCUT2D eigenvalue weighted by atomic mass is 35.5. The SMILES string of the molecule is CN1CCc2nc(C(=O)N3CCN(S(=O)(=O)c4cc5cc(Cl)ccc5[nH]4)CC3CCN3CCC4(CC3)OCCO4)sc2C1. The van der Waals surface area contributed by atoms with Gasteiger partial charge in [-0.15, -0.1) is 11.3 Å². The number of amides is 1. The second-order valence-corrected chi connectivity index (χ2v) is 15.4. The first-order valence-corrected chi connectivity index (χ1v) is 17.6. The van der Waals surface area contributed by atoms with Gasteiger partial charge in [-0.1, -0.05) is 11.6 Å². The molecule has 0 bridgehead atoms. The van der Waals surface area contributed by atoms with Crippen LogP contribution in [0.25, 0.3) is 10.9 Å². The third-order valence-electron chi connectivity index (χ3n) is 9.20. The number of hydrogen-bond donors (Lipinski definition) is 1. The Morgan fingerprint density at radius 2 is 1.93 bits per heavy atom. The fourth-order valence-corrected chi connectivity index (χ4v) is 9.49. The van der Waals surface area contributed by atoms with Crippen molar-refractivity contribution in [3.8, 4) is 0 Å². The Morgan fingerprint density at radius 3 is 2.72 bits per heavy atom. The third-order valence-corrected chi connectivity index (χ3v) is 12.3. The Hall–Kier alpha value is -2.10. The van der Waals surface area contributed by atoms with E-state index in [2.05, 4.69) is 21.8 Å². The lowest BCUT2D eigenvalue weighted by atomic mass is 10.0. The Bertz CT molecular complexity index is 1610. The van der Waals surface area contributed by atoms with Gasteiger partial charge >= 0.3 is 0 Å². The number of nitrogens with one attached hydrogen (secondary N) is 1. The van der Waals surface area contributed by atoms with E-state index < -0.39 is 15.8 Å². The Kier molecular flexibility index (Phi) is 8.04. The predicted molar refractivity (Wildman–Crippen MR) is 164 cm³/mol. The minimum Gasteiger partial charge on any atom is -0.347 e. The molecule has 6 heterocycles. The standard InChI is InChI=1S/C29H37ClN6O5S2/c1-33-8-5-24-25(19-33)42-27(32-24)28(37)36-13-12-35(43(38,39)26-17-20-16-21(30)2-3-23(20)31-26)18-22(36)4-9-34-10-6-29(7-11-34)40-14-15-41-29/h2-3,16-17,22,31H,4-15,18-19H2,1H3. The molecule has 1 spiro atoms. The monoisotopic (exact) mass is 648 g/mol. The molecule has 4 aliphatic rings. The number of benzene rings is 1. The number of carbonyl (C=O) groups is 1. The van der Waals surface area contributed by atoms with Crippen LogP contribution in [0.4, 0.5) is 0 Å². The number of likely N-dealkylation sites (N-methyl/N-ethyl adjacent to an activating group) is 1. The fourth-order valence-electron chi connectivity index (χ4n) is 6.69. The average Bonchev–Trinajstić information content (AvgIpc) is 3.75. The van der Waals surface area contributed by atoms with Crippen molar-refractivity contribution in [3.05, 3.63) is 44.9 Å². The van der Waals surface area contributed by atoms with Crippen molar-refractivity contribution in [2.75, 3.05) is 66.1 Å². The van der Waals surface area contributed by atoms with Gasteiger partial charge in [-0.05, 0) is 37.7 Å². The first kappa shape index (κ1) is 29.6. The number of hydrogen-bond acceptors (Lipinski definition) is 9. The Morgan fingerprint density at radius 1 is 1.14 bits per heavy atom. The molecule has 3 aromatic rings. The number of aromatic nitrogens is 2. The first-order chi connectivity index (χ1) is 20.7. The van der Waals surface area contributed by atoms with E-state index in [4.69, 9.17) is 26.1 Å². The van der Waals surface area contributed by atoms with Crippen LogP contribution in [-0.4, -0.2) is 121 Å². The lowest BCUT2D eigenvalue weighted by molar-refractivity contribution is -0.185. The first-order valence-electron chi connectivity index (χ1n) is 15.0. The predicted octanol–water partition coefficient (Wildman–Crippen LogP) is 3.01. The summed E-state index contributed by atoms with van der Waals surface area (Å²) >= 11 is 7.62. The topological polar surface area (TPSA) is 111 Å². The van der Waals surface area contributed by atoms with E-state index in [0.717, 1.165) is 67.9 Å². The molecule has 43 heavy (non-hydrogen) atoms. The summed E-state index contributed by atoms with van der Waals surface area (Å²) < 4.78 is 41.0. The van der Waals surface area contributed by atoms with Gasteiger partial charge in [-0.2, -0.15) is 4.31 Å². The molecule has 3 fully saturated rings. The van der Waals surface area contributed by atoms with Gasteiger partial charge in [0, 0.05) is 98.5 Å². The largest absolute Gasteiger partial charge is 0.347 e. The minimum atomic E-state index is -3.82. The van der Waals surface area contributed by atoms with Gasteiger partial charge in [0.1, 0.15) is 5.03 Å². The van der Waals surface area contributed by atoms with Crippen LogP contribution in [0, 0.1) is 0 Å². The number of halogens is 1. The molecule has 14 heteroatoms. The van der Waals surface area contributed by atoms with Crippen LogP contribution < -0.4 is 0 Å². The molecule has 1 N–H and O–H groups in total. The van der Waals surface area contributed by atoms with Crippen LogP contribution in [0.5, 0.6) is 0 Å². The van der Waals surface area contributed by atoms with Crippen LogP contribution in [0.2, 0.25) is 5.02 Å². The minimum absolute atomic E-state index is 0.102. The number of H-pyrrole nitrogens is 1. The van der Waals surface area contributed by atoms with Crippen LogP contribution >= 0.6 is 22.9 Å². The number of fused-ring (bicyclic) bond motifs is 2. The number of rotatable bonds is 6. The summed E-state index contributed by atoms with van der Waals surface area (Å²) in [5.41, 5.74) is 1.73. The second kappa shape index (κ2) is 11.7. The van der Waals surface area contributed by atoms with E-state index >= 15 is 0 Å². The maximum absolute atomic E-state index is 13.9. The summed E-state index contributed by atoms with van der Waals surface area (Å²) in [6.45, 7) is 6.20. The van der Waals surface area contributed by atoms with Gasteiger partial charge in [-0.25, -0.2) is 13.4 Å². The molecule has 0 aliphatic carbocycles. The lowest BCUT2D eigenvalue weighted by Crippen LogP contribution is -2.57. The number of carbonyl (C=O) groups excluding carboxylic acids is 1. The van der Waals surface area contributed by atoms with Crippen LogP contribution in [0.3, 0.4) is 0 Å². The Balaban J connectivity index is 1.10. The number of likely N-dealkylation sites (tertiary alicyclic amines) is 1. The van der Waals surface area contributed by atoms with E-state index in [-0.39, 0.29) is 30.1 Å². The second-order valence-electron chi connectivity index (χ2n) is 12.0. The number of piperazine rings is 1. The summed E-state index contributed by atoms with van der Waals surface area (Å²) in [4.78, 5) is 29.4. The summed E-state index contributed by atoms with van der Waals surface area (Å²) in [7, 11) is -1.74. The molecule has 232 valence electrons. The van der Waals surface area contributed by atoms with E-state index in [1.165, 1.54) is 15.6 Å². The van der Waals surface area contributed by atoms with E-state index in [1.54, 1.807) is 24.3 Å². The van der Waals surface area contributed by atoms with Crippen molar-refractivity contribution in [3.63, 3.8) is 0 Å². The fraction of sp³-hybridized carbons (Fsp3) is 0.586. The van der Waals surface area contributed by atoms with E-state index in [0.29, 0.717) is 41.7 Å². The van der Waals surface area contributed by atoms with Gasteiger partial charge < -0.3 is 29.2 Å². The molecular formula is C29H37ClN6O5S2. The molecule has 0 radical (unpaired) electrons. The molecule has 11 nitrogen and oxygen atoms in total. The van der Waals surface area contributed by atoms with Crippen LogP contribution in [0.1, 0.15) is 39.6 Å².